The third-order valence-corrected chi connectivity index (χ3v) is 9.18. The Morgan fingerprint density at radius 3 is 2.33 bits per heavy atom. The zero-order chi connectivity index (χ0) is 36.6. The number of oxazole rings is 1. The SMILES string of the molecule is C[C@@H]([C@H](C/C=C/c1nc2ccccc2o1)c1ccc2c(c1)OCO2)N(Cc1ccc2ccccc2c1)C(=O)[C@@H]1OC(C(=O)[O-])(C(=O)[O-])O[C@@H]1C(=O)[O-]. The Morgan fingerprint density at radius 2 is 1.58 bits per heavy atom. The average Bonchev–Trinajstić information content (AvgIpc) is 3.89. The Hall–Kier alpha value is -6.25. The summed E-state index contributed by atoms with van der Waals surface area (Å²) in [5.74, 6) is -10.9. The van der Waals surface area contributed by atoms with E-state index in [9.17, 15) is 34.5 Å². The van der Waals surface area contributed by atoms with E-state index in [1.54, 1.807) is 43.3 Å². The van der Waals surface area contributed by atoms with Crippen molar-refractivity contribution in [1.82, 2.24) is 9.88 Å². The number of aliphatic carboxylic acids is 3. The number of nitrogens with zero attached hydrogens (tertiary/aromatic N) is 2. The minimum absolute atomic E-state index is 0.0193. The summed E-state index contributed by atoms with van der Waals surface area (Å²) < 4.78 is 26.9. The third-order valence-electron chi connectivity index (χ3n) is 9.18. The van der Waals surface area contributed by atoms with Crippen molar-refractivity contribution < 1.29 is 57.9 Å². The fraction of sp³-hybridized carbons (Fsp3) is 0.237. The molecule has 3 heterocycles. The number of fused-ring (bicyclic) bond motifs is 3. The van der Waals surface area contributed by atoms with E-state index in [0.717, 1.165) is 10.8 Å². The highest BCUT2D eigenvalue weighted by molar-refractivity contribution is 6.00. The number of allylic oxidation sites excluding steroid dienone is 1. The standard InChI is InChI=1S/C38H32N2O12/c1-21(26(25-15-16-29-30(18-25)49-20-48-29)9-6-12-31-39-27-10-4-5-11-28(27)50-31)40(19-22-13-14-23-7-2-3-8-24(23)17-22)34(41)32-33(35(42)43)52-38(51-32,36(44)45)37(46)47/h2-8,10-18,21,26,32-33H,9,19-20H2,1H3,(H,42,43)(H,44,45)(H,46,47)/p-3/b12-6+/t21-,26-,32+,33-/m0/s1. The first-order valence-electron chi connectivity index (χ1n) is 16.2. The minimum Gasteiger partial charge on any atom is -0.547 e. The minimum atomic E-state index is -3.68. The van der Waals surface area contributed by atoms with Crippen LogP contribution in [0.25, 0.3) is 27.9 Å². The summed E-state index contributed by atoms with van der Waals surface area (Å²) >= 11 is 0. The van der Waals surface area contributed by atoms with E-state index in [1.807, 2.05) is 60.7 Å². The third kappa shape index (κ3) is 6.40. The van der Waals surface area contributed by atoms with Crippen LogP contribution < -0.4 is 24.8 Å². The second-order valence-corrected chi connectivity index (χ2v) is 12.4. The van der Waals surface area contributed by atoms with Crippen molar-refractivity contribution in [2.75, 3.05) is 6.79 Å². The molecule has 2 aliphatic heterocycles. The maximum Gasteiger partial charge on any atom is 0.255 e. The Morgan fingerprint density at radius 1 is 0.865 bits per heavy atom. The number of hydrogen-bond donors (Lipinski definition) is 0. The van der Waals surface area contributed by atoms with Crippen LogP contribution in [0.3, 0.4) is 0 Å². The van der Waals surface area contributed by atoms with Gasteiger partial charge in [0.2, 0.25) is 12.7 Å². The van der Waals surface area contributed by atoms with Gasteiger partial charge in [0, 0.05) is 18.5 Å². The molecule has 4 aromatic carbocycles. The zero-order valence-corrected chi connectivity index (χ0v) is 27.5. The summed E-state index contributed by atoms with van der Waals surface area (Å²) in [5, 5.41) is 37.8. The molecule has 7 rings (SSSR count). The molecule has 5 aromatic rings. The first-order chi connectivity index (χ1) is 25.0. The average molecular weight is 706 g/mol. The van der Waals surface area contributed by atoms with Gasteiger partial charge in [-0.1, -0.05) is 60.7 Å². The highest BCUT2D eigenvalue weighted by Crippen LogP contribution is 2.39. The van der Waals surface area contributed by atoms with Crippen molar-refractivity contribution >= 4 is 51.8 Å². The van der Waals surface area contributed by atoms with Crippen LogP contribution in [0.1, 0.15) is 36.3 Å². The van der Waals surface area contributed by atoms with Gasteiger partial charge in [0.05, 0.1) is 5.97 Å². The van der Waals surface area contributed by atoms with Gasteiger partial charge in [-0.2, -0.15) is 0 Å². The van der Waals surface area contributed by atoms with Crippen LogP contribution in [0.4, 0.5) is 0 Å². The molecule has 52 heavy (non-hydrogen) atoms. The predicted molar refractivity (Wildman–Crippen MR) is 174 cm³/mol. The molecule has 0 aliphatic carbocycles. The molecule has 1 amide bonds. The van der Waals surface area contributed by atoms with Gasteiger partial charge in [-0.25, -0.2) is 4.98 Å². The molecule has 0 saturated carbocycles. The molecule has 0 unspecified atom stereocenters. The van der Waals surface area contributed by atoms with Crippen LogP contribution in [-0.4, -0.2) is 64.5 Å². The smallest absolute Gasteiger partial charge is 0.255 e. The Bertz CT molecular complexity index is 2180. The summed E-state index contributed by atoms with van der Waals surface area (Å²) in [7, 11) is 0. The lowest BCUT2D eigenvalue weighted by Crippen LogP contribution is -2.61. The first kappa shape index (κ1) is 34.2. The van der Waals surface area contributed by atoms with E-state index in [2.05, 4.69) is 4.98 Å². The molecule has 4 atom stereocenters. The Balaban J connectivity index is 1.29. The molecule has 1 saturated heterocycles. The molecule has 0 N–H and O–H groups in total. The number of carbonyl (C=O) groups excluding carboxylic acids is 4. The van der Waals surface area contributed by atoms with Crippen molar-refractivity contribution in [2.24, 2.45) is 0 Å². The van der Waals surface area contributed by atoms with Gasteiger partial charge in [-0.15, -0.1) is 0 Å². The molecule has 14 heteroatoms. The fourth-order valence-electron chi connectivity index (χ4n) is 6.51. The number of carbonyl (C=O) groups is 4. The molecule has 0 bridgehead atoms. The number of hydrogen-bond acceptors (Lipinski definition) is 13. The molecule has 1 fully saturated rings. The number of ether oxygens (including phenoxy) is 4. The number of aromatic nitrogens is 1. The maximum absolute atomic E-state index is 14.5. The monoisotopic (exact) mass is 705 g/mol. The van der Waals surface area contributed by atoms with E-state index >= 15 is 0 Å². The van der Waals surface area contributed by atoms with E-state index < -0.39 is 53.8 Å². The van der Waals surface area contributed by atoms with Crippen molar-refractivity contribution in [3.63, 3.8) is 0 Å². The number of para-hydroxylation sites is 2. The number of rotatable bonds is 12. The van der Waals surface area contributed by atoms with Crippen LogP contribution in [0.15, 0.2) is 95.4 Å². The Labute approximate surface area is 295 Å². The van der Waals surface area contributed by atoms with Crippen LogP contribution in [0, 0.1) is 0 Å². The van der Waals surface area contributed by atoms with Gasteiger partial charge in [0.15, 0.2) is 23.2 Å². The molecule has 266 valence electrons. The van der Waals surface area contributed by atoms with Crippen molar-refractivity contribution in [1.29, 1.82) is 0 Å². The lowest BCUT2D eigenvalue weighted by atomic mass is 9.87. The largest absolute Gasteiger partial charge is 0.547 e. The molecule has 0 radical (unpaired) electrons. The highest BCUT2D eigenvalue weighted by Gasteiger charge is 2.55. The van der Waals surface area contributed by atoms with Gasteiger partial charge in [0.1, 0.15) is 23.6 Å². The quantitative estimate of drug-likeness (QED) is 0.167. The maximum atomic E-state index is 14.5. The zero-order valence-electron chi connectivity index (χ0n) is 27.5. The van der Waals surface area contributed by atoms with Crippen molar-refractivity contribution in [2.45, 2.75) is 49.8 Å². The molecule has 2 aliphatic rings. The lowest BCUT2D eigenvalue weighted by molar-refractivity contribution is -0.375. The lowest BCUT2D eigenvalue weighted by Gasteiger charge is -2.37. The molecular weight excluding hydrogens is 676 g/mol. The summed E-state index contributed by atoms with van der Waals surface area (Å²) in [6, 6.07) is 24.8. The van der Waals surface area contributed by atoms with E-state index in [4.69, 9.17) is 23.4 Å². The number of carboxylic acid groups (broad SMARTS) is 3. The summed E-state index contributed by atoms with van der Waals surface area (Å²) in [5.41, 5.74) is 2.59. The van der Waals surface area contributed by atoms with Gasteiger partial charge < -0.3 is 58.0 Å². The van der Waals surface area contributed by atoms with Crippen LogP contribution in [-0.2, 0) is 35.2 Å². The van der Waals surface area contributed by atoms with Crippen molar-refractivity contribution in [3.8, 4) is 11.5 Å². The summed E-state index contributed by atoms with van der Waals surface area (Å²) in [6.45, 7) is 1.60. The second kappa shape index (κ2) is 13.8. The Kier molecular flexibility index (Phi) is 9.09. The number of amides is 1. The molecular formula is C38H29N2O12-3. The summed E-state index contributed by atoms with van der Waals surface area (Å²) in [6.07, 6.45) is -0.925. The second-order valence-electron chi connectivity index (χ2n) is 12.4. The fourth-order valence-corrected chi connectivity index (χ4v) is 6.51. The molecule has 1 aromatic heterocycles. The first-order valence-corrected chi connectivity index (χ1v) is 16.2. The summed E-state index contributed by atoms with van der Waals surface area (Å²) in [4.78, 5) is 56.4. The predicted octanol–water partition coefficient (Wildman–Crippen LogP) is 1.04. The van der Waals surface area contributed by atoms with Gasteiger partial charge in [0.25, 0.3) is 11.7 Å². The normalized spacial score (nSPS) is 18.8. The highest BCUT2D eigenvalue weighted by atomic mass is 16.8. The molecule has 14 nitrogen and oxygen atoms in total. The van der Waals surface area contributed by atoms with Crippen LogP contribution in [0.2, 0.25) is 0 Å². The van der Waals surface area contributed by atoms with E-state index in [-0.39, 0.29) is 19.8 Å². The van der Waals surface area contributed by atoms with Gasteiger partial charge in [-0.3, -0.25) is 4.79 Å². The van der Waals surface area contributed by atoms with E-state index in [1.165, 1.54) is 4.90 Å². The van der Waals surface area contributed by atoms with E-state index in [0.29, 0.717) is 39.6 Å². The van der Waals surface area contributed by atoms with Crippen LogP contribution in [0.5, 0.6) is 11.5 Å². The van der Waals surface area contributed by atoms with Gasteiger partial charge >= 0.3 is 0 Å². The topological polar surface area (TPSA) is 204 Å². The van der Waals surface area contributed by atoms with Crippen LogP contribution >= 0.6 is 0 Å². The molecule has 0 spiro atoms. The van der Waals surface area contributed by atoms with Crippen molar-refractivity contribution in [3.05, 3.63) is 108 Å². The van der Waals surface area contributed by atoms with Gasteiger partial charge in [-0.05, 0) is 71.7 Å². The number of carboxylic acids is 3. The number of benzene rings is 4.